The standard InChI is InChI=1S/C33H44N7O10P/c1-20(30(43)46-16-21-10-12-22(13-11-21)38-31(44)49-32(2,3)4)39-51(45,50-23-8-6-5-7-9-23)47-18-33(17-34)28(42)26(41)27(48-33)24-14-15-25-29(35)36-19-37-40(24)25/h5-9,14-15,19-22,26-28,41-42H,10-13,16,18H2,1-4H3,(H,38,44)(H,39,45)(H2,35,36,37)/t20-,21-,22-,26-,27-,28-,33+,51?/m0/s1. The second kappa shape index (κ2) is 15.5. The molecule has 6 N–H and O–H groups in total. The predicted molar refractivity (Wildman–Crippen MR) is 181 cm³/mol. The smallest absolute Gasteiger partial charge is 0.459 e. The number of aromatic nitrogens is 3. The summed E-state index contributed by atoms with van der Waals surface area (Å²) >= 11 is 0. The Hall–Kier alpha value is -4.30. The van der Waals surface area contributed by atoms with Crippen LogP contribution in [0.25, 0.3) is 5.52 Å². The zero-order valence-corrected chi connectivity index (χ0v) is 29.7. The molecule has 0 radical (unpaired) electrons. The molecule has 1 aliphatic heterocycles. The van der Waals surface area contributed by atoms with Gasteiger partial charge in [0.25, 0.3) is 0 Å². The Balaban J connectivity index is 1.22. The number of rotatable bonds is 12. The largest absolute Gasteiger partial charge is 0.464 e. The fourth-order valence-corrected chi connectivity index (χ4v) is 7.45. The number of alkyl carbamates (subject to hydrolysis) is 1. The summed E-state index contributed by atoms with van der Waals surface area (Å²) in [5, 5.41) is 41.8. The number of aliphatic hydroxyl groups excluding tert-OH is 2. The highest BCUT2D eigenvalue weighted by molar-refractivity contribution is 7.52. The molecule has 6 atom stereocenters. The summed E-state index contributed by atoms with van der Waals surface area (Å²) in [6.45, 7) is 6.08. The van der Waals surface area contributed by atoms with Crippen molar-refractivity contribution in [3.8, 4) is 11.8 Å². The summed E-state index contributed by atoms with van der Waals surface area (Å²) in [5.74, 6) is -0.386. The van der Waals surface area contributed by atoms with Crippen molar-refractivity contribution in [2.75, 3.05) is 18.9 Å². The van der Waals surface area contributed by atoms with Gasteiger partial charge in [-0.1, -0.05) is 18.2 Å². The Morgan fingerprint density at radius 3 is 2.55 bits per heavy atom. The molecule has 0 bridgehead atoms. The van der Waals surface area contributed by atoms with Crippen LogP contribution in [0.2, 0.25) is 0 Å². The number of amides is 1. The summed E-state index contributed by atoms with van der Waals surface area (Å²) in [6, 6.07) is 11.8. The number of carbonyl (C=O) groups is 2. The molecule has 5 rings (SSSR count). The van der Waals surface area contributed by atoms with E-state index in [1.165, 1.54) is 29.9 Å². The number of nitrogen functional groups attached to an aromatic ring is 1. The van der Waals surface area contributed by atoms with Gasteiger partial charge in [-0.05, 0) is 83.6 Å². The highest BCUT2D eigenvalue weighted by Crippen LogP contribution is 2.48. The number of esters is 1. The number of aliphatic hydroxyl groups is 2. The number of para-hydroxylation sites is 1. The third-order valence-corrected chi connectivity index (χ3v) is 10.2. The van der Waals surface area contributed by atoms with Gasteiger partial charge in [-0.3, -0.25) is 9.32 Å². The van der Waals surface area contributed by atoms with Crippen LogP contribution in [0.15, 0.2) is 48.8 Å². The van der Waals surface area contributed by atoms with E-state index in [0.29, 0.717) is 31.2 Å². The number of nitrogens with zero attached hydrogens (tertiary/aromatic N) is 4. The van der Waals surface area contributed by atoms with E-state index in [1.807, 2.05) is 6.07 Å². The van der Waals surface area contributed by atoms with Gasteiger partial charge in [0.15, 0.2) is 5.82 Å². The Kier molecular flexibility index (Phi) is 11.5. The molecule has 51 heavy (non-hydrogen) atoms. The van der Waals surface area contributed by atoms with E-state index >= 15 is 0 Å². The molecule has 3 heterocycles. The molecule has 1 saturated heterocycles. The maximum atomic E-state index is 14.2. The summed E-state index contributed by atoms with van der Waals surface area (Å²) in [6.07, 6.45) is -1.18. The minimum atomic E-state index is -4.49. The van der Waals surface area contributed by atoms with Crippen LogP contribution >= 0.6 is 7.75 Å². The molecule has 17 nitrogen and oxygen atoms in total. The van der Waals surface area contributed by atoms with Gasteiger partial charge in [0.1, 0.15) is 60.2 Å². The zero-order chi connectivity index (χ0) is 37.0. The Morgan fingerprint density at radius 1 is 1.18 bits per heavy atom. The van der Waals surface area contributed by atoms with Crippen LogP contribution < -0.4 is 20.7 Å². The first-order valence-corrected chi connectivity index (χ1v) is 18.1. The average molecular weight is 730 g/mol. The lowest BCUT2D eigenvalue weighted by molar-refractivity contribution is -0.147. The van der Waals surface area contributed by atoms with Crippen LogP contribution in [0.1, 0.15) is 65.2 Å². The van der Waals surface area contributed by atoms with Crippen molar-refractivity contribution in [1.29, 1.82) is 5.26 Å². The van der Waals surface area contributed by atoms with E-state index in [9.17, 15) is 29.6 Å². The first-order chi connectivity index (χ1) is 24.1. The monoisotopic (exact) mass is 729 g/mol. The molecule has 1 aliphatic carbocycles. The molecule has 1 aromatic carbocycles. The fraction of sp³-hybridized carbons (Fsp3) is 0.545. The van der Waals surface area contributed by atoms with E-state index in [1.54, 1.807) is 51.1 Å². The SMILES string of the molecule is C[C@H](NP(=O)(OC[C@@]1(C#N)O[C@@H](c2ccc3c(N)ncnn23)[C@H](O)[C@@H]1O)Oc1ccccc1)C(=O)OC[C@H]1CC[C@H](NC(=O)OC(C)(C)C)CC1. The lowest BCUT2D eigenvalue weighted by Crippen LogP contribution is -2.46. The number of ether oxygens (including phenoxy) is 3. The molecule has 0 spiro atoms. The Morgan fingerprint density at radius 2 is 1.88 bits per heavy atom. The zero-order valence-electron chi connectivity index (χ0n) is 28.8. The van der Waals surface area contributed by atoms with Crippen LogP contribution in [0.4, 0.5) is 10.6 Å². The van der Waals surface area contributed by atoms with Crippen LogP contribution in [-0.4, -0.2) is 85.6 Å². The minimum Gasteiger partial charge on any atom is -0.464 e. The lowest BCUT2D eigenvalue weighted by atomic mass is 9.86. The third kappa shape index (κ3) is 9.14. The molecule has 3 aromatic rings. The van der Waals surface area contributed by atoms with Gasteiger partial charge in [-0.2, -0.15) is 15.4 Å². The molecule has 18 heteroatoms. The predicted octanol–water partition coefficient (Wildman–Crippen LogP) is 3.18. The highest BCUT2D eigenvalue weighted by Gasteiger charge is 2.57. The molecular formula is C33H44N7O10P. The first-order valence-electron chi connectivity index (χ1n) is 16.6. The summed E-state index contributed by atoms with van der Waals surface area (Å²) < 4.78 is 43.8. The molecule has 1 saturated carbocycles. The minimum absolute atomic E-state index is 0.0448. The van der Waals surface area contributed by atoms with Gasteiger partial charge >= 0.3 is 19.8 Å². The topological polar surface area (TPSA) is 242 Å². The maximum Gasteiger partial charge on any atom is 0.459 e. The van der Waals surface area contributed by atoms with Crippen molar-refractivity contribution in [2.24, 2.45) is 5.92 Å². The number of fused-ring (bicyclic) bond motifs is 1. The fourth-order valence-electron chi connectivity index (χ4n) is 5.93. The molecule has 1 unspecified atom stereocenters. The van der Waals surface area contributed by atoms with E-state index in [4.69, 9.17) is 29.0 Å². The van der Waals surface area contributed by atoms with Gasteiger partial charge in [0.2, 0.25) is 5.60 Å². The van der Waals surface area contributed by atoms with Gasteiger partial charge in [0.05, 0.1) is 12.3 Å². The van der Waals surface area contributed by atoms with Crippen molar-refractivity contribution in [3.05, 3.63) is 54.5 Å². The van der Waals surface area contributed by atoms with E-state index in [0.717, 1.165) is 0 Å². The molecule has 1 amide bonds. The normalized spacial score (nSPS) is 26.8. The number of nitrogens with one attached hydrogen (secondary N) is 2. The molecule has 276 valence electrons. The second-order valence-electron chi connectivity index (χ2n) is 13.7. The third-order valence-electron chi connectivity index (χ3n) is 8.59. The van der Waals surface area contributed by atoms with Crippen molar-refractivity contribution in [3.63, 3.8) is 0 Å². The van der Waals surface area contributed by atoms with Gasteiger partial charge in [-0.15, -0.1) is 0 Å². The van der Waals surface area contributed by atoms with E-state index in [-0.39, 0.29) is 35.8 Å². The van der Waals surface area contributed by atoms with Crippen LogP contribution in [0.3, 0.4) is 0 Å². The summed E-state index contributed by atoms with van der Waals surface area (Å²) in [4.78, 5) is 29.1. The highest BCUT2D eigenvalue weighted by atomic mass is 31.2. The Bertz CT molecular complexity index is 1770. The first kappa shape index (κ1) is 37.9. The van der Waals surface area contributed by atoms with E-state index < -0.39 is 62.0 Å². The van der Waals surface area contributed by atoms with Crippen molar-refractivity contribution >= 4 is 31.1 Å². The van der Waals surface area contributed by atoms with Crippen LogP contribution in [-0.2, 0) is 28.1 Å². The summed E-state index contributed by atoms with van der Waals surface area (Å²) in [5.41, 5.74) is 3.79. The lowest BCUT2D eigenvalue weighted by Gasteiger charge is -2.30. The molecule has 2 aromatic heterocycles. The van der Waals surface area contributed by atoms with Crippen molar-refractivity contribution in [1.82, 2.24) is 25.0 Å². The number of nitriles is 1. The van der Waals surface area contributed by atoms with Crippen molar-refractivity contribution in [2.45, 2.75) is 95.0 Å². The maximum absolute atomic E-state index is 14.2. The number of carbonyl (C=O) groups excluding carboxylic acids is 2. The van der Waals surface area contributed by atoms with Gasteiger partial charge in [-0.25, -0.2) is 18.9 Å². The van der Waals surface area contributed by atoms with Gasteiger partial charge in [0, 0.05) is 6.04 Å². The van der Waals surface area contributed by atoms with Gasteiger partial charge < -0.3 is 40.0 Å². The number of nitrogens with two attached hydrogens (primary N) is 1. The molecular weight excluding hydrogens is 685 g/mol. The van der Waals surface area contributed by atoms with Crippen LogP contribution in [0.5, 0.6) is 5.75 Å². The molecule has 2 aliphatic rings. The number of hydrogen-bond donors (Lipinski definition) is 5. The van der Waals surface area contributed by atoms with Crippen LogP contribution in [0, 0.1) is 17.2 Å². The number of anilines is 1. The number of hydrogen-bond acceptors (Lipinski definition) is 14. The average Bonchev–Trinajstić information content (AvgIpc) is 3.62. The molecule has 2 fully saturated rings. The Labute approximate surface area is 294 Å². The van der Waals surface area contributed by atoms with E-state index in [2.05, 4.69) is 20.5 Å². The quantitative estimate of drug-likeness (QED) is 0.133. The second-order valence-corrected chi connectivity index (χ2v) is 15.4. The number of benzene rings is 1. The van der Waals surface area contributed by atoms with Crippen molar-refractivity contribution < 1.29 is 47.6 Å². The summed E-state index contributed by atoms with van der Waals surface area (Å²) in [7, 11) is -4.49.